The number of hydrogen-bond donors (Lipinski definition) is 4. The second-order valence-corrected chi connectivity index (χ2v) is 10.8. The molecule has 1 aromatic carbocycles. The lowest BCUT2D eigenvalue weighted by Crippen LogP contribution is -2.42. The van der Waals surface area contributed by atoms with E-state index < -0.39 is 6.10 Å². The zero-order chi connectivity index (χ0) is 28.8. The van der Waals surface area contributed by atoms with Crippen LogP contribution in [0.1, 0.15) is 52.5 Å². The number of aliphatic hydroxyl groups excluding tert-OH is 1. The van der Waals surface area contributed by atoms with E-state index in [4.69, 9.17) is 4.74 Å². The first kappa shape index (κ1) is 28.5. The highest BCUT2D eigenvalue weighted by Gasteiger charge is 2.23. The number of nitrogens with zero attached hydrogens (tertiary/aromatic N) is 5. The zero-order valence-electron chi connectivity index (χ0n) is 23.6. The maximum Gasteiger partial charge on any atom is 0.270 e. The van der Waals surface area contributed by atoms with Gasteiger partial charge < -0.3 is 25.4 Å². The fraction of sp³-hybridized carbons (Fsp3) is 0.483. The molecule has 4 N–H and O–H groups in total. The van der Waals surface area contributed by atoms with Crippen molar-refractivity contribution in [3.8, 4) is 5.75 Å². The summed E-state index contributed by atoms with van der Waals surface area (Å²) in [6, 6.07) is 5.91. The summed E-state index contributed by atoms with van der Waals surface area (Å²) in [5, 5.41) is 23.6. The van der Waals surface area contributed by atoms with Crippen LogP contribution in [0.2, 0.25) is 0 Å². The van der Waals surface area contributed by atoms with E-state index in [1.807, 2.05) is 17.2 Å². The highest BCUT2D eigenvalue weighted by molar-refractivity contribution is 5.92. The second-order valence-electron chi connectivity index (χ2n) is 10.8. The highest BCUT2D eigenvalue weighted by atomic mass is 16.5. The van der Waals surface area contributed by atoms with E-state index in [1.54, 1.807) is 19.2 Å². The molecule has 4 heterocycles. The largest absolute Gasteiger partial charge is 0.489 e. The van der Waals surface area contributed by atoms with Gasteiger partial charge in [-0.1, -0.05) is 6.07 Å². The number of H-pyrrole nitrogens is 1. The normalized spacial score (nSPS) is 16.6. The summed E-state index contributed by atoms with van der Waals surface area (Å²) in [7, 11) is 0. The Morgan fingerprint density at radius 1 is 1.22 bits per heavy atom. The summed E-state index contributed by atoms with van der Waals surface area (Å²) in [6.07, 6.45) is 6.73. The molecule has 2 aliphatic rings. The Morgan fingerprint density at radius 3 is 2.80 bits per heavy atom. The van der Waals surface area contributed by atoms with Crippen LogP contribution in [0.5, 0.6) is 5.75 Å². The van der Waals surface area contributed by atoms with Crippen LogP contribution < -0.4 is 15.4 Å². The number of benzene rings is 1. The van der Waals surface area contributed by atoms with Crippen LogP contribution in [0.15, 0.2) is 36.9 Å². The van der Waals surface area contributed by atoms with Crippen molar-refractivity contribution in [3.05, 3.63) is 64.9 Å². The van der Waals surface area contributed by atoms with E-state index in [2.05, 4.69) is 48.7 Å². The van der Waals surface area contributed by atoms with Gasteiger partial charge in [-0.3, -0.25) is 19.6 Å². The molecular formula is C29H38N8O4. The number of carbonyl (C=O) groups excluding carboxylic acids is 2. The molecule has 5 rings (SSSR count). The molecule has 218 valence electrons. The topological polar surface area (TPSA) is 149 Å². The van der Waals surface area contributed by atoms with Crippen molar-refractivity contribution in [2.24, 2.45) is 0 Å². The molecule has 1 atom stereocenters. The Labute approximate surface area is 239 Å². The summed E-state index contributed by atoms with van der Waals surface area (Å²) in [5.74, 6) is 1.18. The van der Waals surface area contributed by atoms with Crippen LogP contribution in [-0.4, -0.2) is 91.8 Å². The van der Waals surface area contributed by atoms with Crippen molar-refractivity contribution in [1.82, 2.24) is 35.3 Å². The van der Waals surface area contributed by atoms with Crippen LogP contribution in [0.4, 0.5) is 5.82 Å². The minimum absolute atomic E-state index is 0.0913. The van der Waals surface area contributed by atoms with Gasteiger partial charge in [0, 0.05) is 70.1 Å². The minimum atomic E-state index is -0.718. The standard InChI is InChI=1S/C29H38N8O4/c1-19-25-7-8-36(15-22(25)3-4-27(19)41-17-21-12-33-34-13-21)16-24(39)14-30-29(40)26-11-28(32-18-31-26)35-23-5-9-37(10-6-23)20(2)38/h3-4,11-13,18,23-24,39H,5-10,14-17H2,1-2H3,(H,30,40)(H,33,34)(H,31,32,35)/t24-/m0/s1. The van der Waals surface area contributed by atoms with Gasteiger partial charge >= 0.3 is 0 Å². The smallest absolute Gasteiger partial charge is 0.270 e. The summed E-state index contributed by atoms with van der Waals surface area (Å²) in [5.41, 5.74) is 4.91. The minimum Gasteiger partial charge on any atom is -0.489 e. The molecule has 3 aromatic rings. The van der Waals surface area contributed by atoms with Crippen LogP contribution in [0.25, 0.3) is 0 Å². The maximum absolute atomic E-state index is 12.8. The third kappa shape index (κ3) is 7.39. The maximum atomic E-state index is 12.8. The molecule has 12 heteroatoms. The summed E-state index contributed by atoms with van der Waals surface area (Å²) in [4.78, 5) is 36.7. The Hall–Kier alpha value is -4.03. The number of aromatic nitrogens is 4. The Bertz CT molecular complexity index is 1340. The number of ether oxygens (including phenoxy) is 1. The van der Waals surface area contributed by atoms with Gasteiger partial charge in [-0.25, -0.2) is 9.97 Å². The number of nitrogens with one attached hydrogen (secondary N) is 3. The fourth-order valence-corrected chi connectivity index (χ4v) is 5.48. The van der Waals surface area contributed by atoms with Crippen LogP contribution in [-0.2, 0) is 24.4 Å². The number of hydrogen-bond acceptors (Lipinski definition) is 9. The average molecular weight is 563 g/mol. The number of piperidine rings is 1. The predicted molar refractivity (Wildman–Crippen MR) is 152 cm³/mol. The second kappa shape index (κ2) is 13.1. The lowest BCUT2D eigenvalue weighted by atomic mass is 9.94. The molecule has 2 aromatic heterocycles. The molecule has 1 saturated heterocycles. The van der Waals surface area contributed by atoms with E-state index in [1.165, 1.54) is 17.5 Å². The third-order valence-corrected chi connectivity index (χ3v) is 7.83. The first-order valence-electron chi connectivity index (χ1n) is 14.1. The van der Waals surface area contributed by atoms with E-state index >= 15 is 0 Å². The molecule has 0 aliphatic carbocycles. The molecule has 12 nitrogen and oxygen atoms in total. The summed E-state index contributed by atoms with van der Waals surface area (Å²) in [6.45, 7) is 7.67. The van der Waals surface area contributed by atoms with E-state index in [0.29, 0.717) is 32.1 Å². The quantitative estimate of drug-likeness (QED) is 0.289. The molecular weight excluding hydrogens is 524 g/mol. The number of β-amino-alcohol motifs (C(OH)–C–C–N with tert-alkyl or cyclic N) is 1. The SMILES string of the molecule is CC(=O)N1CCC(Nc2cc(C(=O)NC[C@H](O)CN3CCc4c(ccc(OCc5cn[nH]c5)c4C)C3)ncn2)CC1. The number of anilines is 1. The molecule has 0 saturated carbocycles. The zero-order valence-corrected chi connectivity index (χ0v) is 23.6. The predicted octanol–water partition coefficient (Wildman–Crippen LogP) is 1.66. The van der Waals surface area contributed by atoms with Gasteiger partial charge in [0.2, 0.25) is 5.91 Å². The number of amides is 2. The van der Waals surface area contributed by atoms with E-state index in [-0.39, 0.29) is 30.1 Å². The van der Waals surface area contributed by atoms with Crippen molar-refractivity contribution >= 4 is 17.6 Å². The van der Waals surface area contributed by atoms with Gasteiger partial charge in [0.15, 0.2) is 0 Å². The Balaban J connectivity index is 1.07. The van der Waals surface area contributed by atoms with Crippen molar-refractivity contribution in [2.45, 2.75) is 58.4 Å². The van der Waals surface area contributed by atoms with Gasteiger partial charge in [-0.05, 0) is 48.9 Å². The number of rotatable bonds is 10. The fourth-order valence-electron chi connectivity index (χ4n) is 5.48. The van der Waals surface area contributed by atoms with Crippen LogP contribution in [0.3, 0.4) is 0 Å². The first-order valence-corrected chi connectivity index (χ1v) is 14.1. The molecule has 2 aliphatic heterocycles. The monoisotopic (exact) mass is 562 g/mol. The number of aromatic amines is 1. The molecule has 0 spiro atoms. The molecule has 1 fully saturated rings. The summed E-state index contributed by atoms with van der Waals surface area (Å²) >= 11 is 0. The lowest BCUT2D eigenvalue weighted by Gasteiger charge is -2.32. The first-order chi connectivity index (χ1) is 19.9. The van der Waals surface area contributed by atoms with E-state index in [9.17, 15) is 14.7 Å². The van der Waals surface area contributed by atoms with Crippen molar-refractivity contribution < 1.29 is 19.4 Å². The van der Waals surface area contributed by atoms with Gasteiger partial charge in [0.1, 0.15) is 30.2 Å². The highest BCUT2D eigenvalue weighted by Crippen LogP contribution is 2.30. The van der Waals surface area contributed by atoms with Gasteiger partial charge in [-0.15, -0.1) is 0 Å². The number of aliphatic hydroxyl groups is 1. The average Bonchev–Trinajstić information content (AvgIpc) is 3.50. The van der Waals surface area contributed by atoms with Crippen molar-refractivity contribution in [3.63, 3.8) is 0 Å². The number of likely N-dealkylation sites (tertiary alicyclic amines) is 1. The molecule has 0 radical (unpaired) electrons. The molecule has 41 heavy (non-hydrogen) atoms. The Kier molecular flexibility index (Phi) is 9.10. The van der Waals surface area contributed by atoms with Crippen molar-refractivity contribution in [1.29, 1.82) is 0 Å². The lowest BCUT2D eigenvalue weighted by molar-refractivity contribution is -0.129. The van der Waals surface area contributed by atoms with E-state index in [0.717, 1.165) is 49.2 Å². The molecule has 0 unspecified atom stereocenters. The van der Waals surface area contributed by atoms with Crippen molar-refractivity contribution in [2.75, 3.05) is 38.0 Å². The van der Waals surface area contributed by atoms with Gasteiger partial charge in [-0.2, -0.15) is 5.10 Å². The summed E-state index contributed by atoms with van der Waals surface area (Å²) < 4.78 is 6.01. The van der Waals surface area contributed by atoms with Crippen LogP contribution >= 0.6 is 0 Å². The van der Waals surface area contributed by atoms with Gasteiger partial charge in [0.25, 0.3) is 5.91 Å². The van der Waals surface area contributed by atoms with Gasteiger partial charge in [0.05, 0.1) is 12.3 Å². The number of fused-ring (bicyclic) bond motifs is 1. The Morgan fingerprint density at radius 2 is 2.05 bits per heavy atom. The molecule has 0 bridgehead atoms. The number of carbonyl (C=O) groups is 2. The third-order valence-electron chi connectivity index (χ3n) is 7.83. The molecule has 2 amide bonds. The van der Waals surface area contributed by atoms with Crippen LogP contribution in [0, 0.1) is 6.92 Å².